The van der Waals surface area contributed by atoms with Gasteiger partial charge in [0, 0.05) is 12.0 Å². The van der Waals surface area contributed by atoms with E-state index in [-0.39, 0.29) is 12.1 Å². The van der Waals surface area contributed by atoms with E-state index in [1.165, 1.54) is 11.3 Å². The van der Waals surface area contributed by atoms with Crippen molar-refractivity contribution in [3.8, 4) is 0 Å². The Kier molecular flexibility index (Phi) is 8.27. The number of benzene rings is 1. The maximum absolute atomic E-state index is 13.2. The van der Waals surface area contributed by atoms with Crippen molar-refractivity contribution in [3.63, 3.8) is 0 Å². The van der Waals surface area contributed by atoms with Gasteiger partial charge in [0.1, 0.15) is 12.1 Å². The van der Waals surface area contributed by atoms with Gasteiger partial charge in [-0.3, -0.25) is 9.59 Å². The van der Waals surface area contributed by atoms with Crippen LogP contribution in [0.25, 0.3) is 6.08 Å². The van der Waals surface area contributed by atoms with Crippen molar-refractivity contribution >= 4 is 23.7 Å². The Morgan fingerprint density at radius 2 is 1.75 bits per heavy atom. The number of hydrogen-bond acceptors (Lipinski definition) is 4. The van der Waals surface area contributed by atoms with E-state index in [1.807, 2.05) is 49.4 Å². The van der Waals surface area contributed by atoms with Crippen LogP contribution in [-0.2, 0) is 19.1 Å². The van der Waals surface area contributed by atoms with Crippen LogP contribution in [-0.4, -0.2) is 41.3 Å². The molecule has 0 radical (unpaired) electrons. The molecule has 174 valence electrons. The van der Waals surface area contributed by atoms with Crippen molar-refractivity contribution in [1.29, 1.82) is 0 Å². The Labute approximate surface area is 192 Å². The third kappa shape index (κ3) is 5.87. The molecular weight excluding hydrogens is 402 g/mol. The third-order valence-electron chi connectivity index (χ3n) is 7.12. The molecular formula is C27H37NO4. The third-order valence-corrected chi connectivity index (χ3v) is 7.12. The molecule has 1 aromatic carbocycles. The molecule has 0 N–H and O–H groups in total. The van der Waals surface area contributed by atoms with Gasteiger partial charge >= 0.3 is 5.97 Å². The number of Topliss-reactive ketones (excluding diaryl/α,β-unsaturated/α-hetero) is 1. The largest absolute Gasteiger partial charge is 0.456 e. The number of amides is 1. The first-order valence-corrected chi connectivity index (χ1v) is 12.1. The number of carbonyl (C=O) groups is 3. The Bertz CT molecular complexity index is 823. The lowest BCUT2D eigenvalue weighted by atomic mass is 9.84. The predicted molar refractivity (Wildman–Crippen MR) is 126 cm³/mol. The molecule has 1 amide bonds. The molecule has 2 atom stereocenters. The quantitative estimate of drug-likeness (QED) is 0.413. The zero-order chi connectivity index (χ0) is 23.1. The van der Waals surface area contributed by atoms with Crippen molar-refractivity contribution in [2.24, 2.45) is 11.3 Å². The number of carbonyl (C=O) groups excluding carboxylic acids is 3. The molecule has 0 bridgehead atoms. The number of esters is 1. The van der Waals surface area contributed by atoms with Crippen LogP contribution in [0.2, 0.25) is 0 Å². The minimum Gasteiger partial charge on any atom is -0.456 e. The van der Waals surface area contributed by atoms with Gasteiger partial charge in [-0.25, -0.2) is 4.79 Å². The molecule has 1 aromatic rings. The minimum absolute atomic E-state index is 0.291. The standard InChI is InChI=1S/C27H37NO4/c1-4-27(2,3)24(29)25(30)28-19-11-16-22(28)26(31)32-23(21-14-9-6-10-15-21)18-17-20-12-7-5-8-13-20/h5,7-8,12-13,17-18,21-23H,4,6,9-11,14-16,19H2,1-3H3/t22-,23-/m0/s1. The van der Waals surface area contributed by atoms with E-state index in [9.17, 15) is 14.4 Å². The van der Waals surface area contributed by atoms with E-state index >= 15 is 0 Å². The molecule has 1 heterocycles. The monoisotopic (exact) mass is 439 g/mol. The van der Waals surface area contributed by atoms with E-state index in [0.29, 0.717) is 31.7 Å². The zero-order valence-electron chi connectivity index (χ0n) is 19.7. The molecule has 5 heteroatoms. The van der Waals surface area contributed by atoms with Crippen LogP contribution in [0.1, 0.15) is 77.7 Å². The number of ketones is 1. The van der Waals surface area contributed by atoms with Gasteiger partial charge < -0.3 is 9.64 Å². The minimum atomic E-state index is -0.725. The molecule has 0 aromatic heterocycles. The predicted octanol–water partition coefficient (Wildman–Crippen LogP) is 5.19. The number of ether oxygens (including phenoxy) is 1. The topological polar surface area (TPSA) is 63.7 Å². The van der Waals surface area contributed by atoms with E-state index in [2.05, 4.69) is 0 Å². The lowest BCUT2D eigenvalue weighted by molar-refractivity contribution is -0.161. The van der Waals surface area contributed by atoms with Gasteiger partial charge in [-0.05, 0) is 49.7 Å². The Hall–Kier alpha value is -2.43. The van der Waals surface area contributed by atoms with Gasteiger partial charge in [-0.1, -0.05) is 76.4 Å². The SMILES string of the molecule is CCC(C)(C)C(=O)C(=O)N1CCC[C@H]1C(=O)O[C@@H](C=Cc1ccccc1)C1CCCCC1. The van der Waals surface area contributed by atoms with Crippen molar-refractivity contribution in [2.75, 3.05) is 6.54 Å². The van der Waals surface area contributed by atoms with E-state index < -0.39 is 23.1 Å². The highest BCUT2D eigenvalue weighted by atomic mass is 16.5. The summed E-state index contributed by atoms with van der Waals surface area (Å²) in [6.07, 6.45) is 11.1. The Morgan fingerprint density at radius 1 is 1.06 bits per heavy atom. The van der Waals surface area contributed by atoms with E-state index in [4.69, 9.17) is 4.74 Å². The molecule has 5 nitrogen and oxygen atoms in total. The molecule has 2 fully saturated rings. The summed E-state index contributed by atoms with van der Waals surface area (Å²) in [5.74, 6) is -1.07. The maximum atomic E-state index is 13.2. The van der Waals surface area contributed by atoms with Crippen molar-refractivity contribution in [3.05, 3.63) is 42.0 Å². The summed E-state index contributed by atoms with van der Waals surface area (Å²) in [4.78, 5) is 40.3. The molecule has 32 heavy (non-hydrogen) atoms. The number of rotatable bonds is 8. The Morgan fingerprint density at radius 3 is 2.41 bits per heavy atom. The number of nitrogens with zero attached hydrogens (tertiary/aromatic N) is 1. The highest BCUT2D eigenvalue weighted by Crippen LogP contribution is 2.31. The number of likely N-dealkylation sites (tertiary alicyclic amines) is 1. The maximum Gasteiger partial charge on any atom is 0.329 e. The van der Waals surface area contributed by atoms with Gasteiger partial charge in [-0.2, -0.15) is 0 Å². The molecule has 3 rings (SSSR count). The second kappa shape index (κ2) is 10.9. The van der Waals surface area contributed by atoms with Crippen molar-refractivity contribution in [1.82, 2.24) is 4.90 Å². The van der Waals surface area contributed by atoms with Gasteiger partial charge in [-0.15, -0.1) is 0 Å². The fraction of sp³-hybridized carbons (Fsp3) is 0.593. The van der Waals surface area contributed by atoms with Gasteiger partial charge in [0.2, 0.25) is 5.78 Å². The second-order valence-electron chi connectivity index (χ2n) is 9.79. The normalized spacial score (nSPS) is 21.0. The zero-order valence-corrected chi connectivity index (χ0v) is 19.7. The fourth-order valence-electron chi connectivity index (χ4n) is 4.57. The first-order chi connectivity index (χ1) is 15.3. The molecule has 2 aliphatic rings. The summed E-state index contributed by atoms with van der Waals surface area (Å²) in [5, 5.41) is 0. The lowest BCUT2D eigenvalue weighted by Crippen LogP contribution is -2.48. The number of hydrogen-bond donors (Lipinski definition) is 0. The van der Waals surface area contributed by atoms with Crippen LogP contribution in [0, 0.1) is 11.3 Å². The van der Waals surface area contributed by atoms with Crippen molar-refractivity contribution in [2.45, 2.75) is 84.3 Å². The Balaban J connectivity index is 1.73. The van der Waals surface area contributed by atoms with Crippen LogP contribution in [0.3, 0.4) is 0 Å². The van der Waals surface area contributed by atoms with E-state index in [1.54, 1.807) is 13.8 Å². The fourth-order valence-corrected chi connectivity index (χ4v) is 4.57. The van der Waals surface area contributed by atoms with Crippen molar-refractivity contribution < 1.29 is 19.1 Å². The van der Waals surface area contributed by atoms with Gasteiger partial charge in [0.05, 0.1) is 0 Å². The van der Waals surface area contributed by atoms with Crippen LogP contribution in [0.5, 0.6) is 0 Å². The summed E-state index contributed by atoms with van der Waals surface area (Å²) in [6.45, 7) is 5.89. The van der Waals surface area contributed by atoms with Gasteiger partial charge in [0.25, 0.3) is 5.91 Å². The highest BCUT2D eigenvalue weighted by Gasteiger charge is 2.42. The average Bonchev–Trinajstić information content (AvgIpc) is 3.32. The molecule has 0 unspecified atom stereocenters. The highest BCUT2D eigenvalue weighted by molar-refractivity contribution is 6.38. The lowest BCUT2D eigenvalue weighted by Gasteiger charge is -2.31. The second-order valence-corrected chi connectivity index (χ2v) is 9.79. The first-order valence-electron chi connectivity index (χ1n) is 12.1. The average molecular weight is 440 g/mol. The molecule has 1 aliphatic heterocycles. The summed E-state index contributed by atoms with van der Waals surface area (Å²) in [5.41, 5.74) is 0.339. The van der Waals surface area contributed by atoms with E-state index in [0.717, 1.165) is 31.2 Å². The van der Waals surface area contributed by atoms with Crippen LogP contribution in [0.15, 0.2) is 36.4 Å². The van der Waals surface area contributed by atoms with Gasteiger partial charge in [0.15, 0.2) is 0 Å². The summed E-state index contributed by atoms with van der Waals surface area (Å²) < 4.78 is 6.04. The first kappa shape index (κ1) is 24.2. The van der Waals surface area contributed by atoms with Crippen LogP contribution in [0.4, 0.5) is 0 Å². The molecule has 1 saturated carbocycles. The summed E-state index contributed by atoms with van der Waals surface area (Å²) >= 11 is 0. The summed E-state index contributed by atoms with van der Waals surface area (Å²) in [7, 11) is 0. The molecule has 0 spiro atoms. The molecule has 1 saturated heterocycles. The van der Waals surface area contributed by atoms with Crippen LogP contribution < -0.4 is 0 Å². The molecule has 1 aliphatic carbocycles. The van der Waals surface area contributed by atoms with Crippen LogP contribution >= 0.6 is 0 Å². The smallest absolute Gasteiger partial charge is 0.329 e. The summed E-state index contributed by atoms with van der Waals surface area (Å²) in [6, 6.07) is 9.32.